The van der Waals surface area contributed by atoms with Gasteiger partial charge in [0.2, 0.25) is 5.91 Å². The summed E-state index contributed by atoms with van der Waals surface area (Å²) in [6.07, 6.45) is 1.62. The second kappa shape index (κ2) is 13.2. The van der Waals surface area contributed by atoms with Crippen molar-refractivity contribution in [2.45, 2.75) is 4.90 Å². The molecule has 0 unspecified atom stereocenters. The van der Waals surface area contributed by atoms with E-state index in [0.29, 0.717) is 16.9 Å². The van der Waals surface area contributed by atoms with Crippen molar-refractivity contribution >= 4 is 64.2 Å². The van der Waals surface area contributed by atoms with Gasteiger partial charge in [-0.15, -0.1) is 23.1 Å². The lowest BCUT2D eigenvalue weighted by atomic mass is 10.2. The smallest absolute Gasteiger partial charge is 0.335 e. The van der Waals surface area contributed by atoms with Crippen molar-refractivity contribution in [2.75, 3.05) is 16.4 Å². The van der Waals surface area contributed by atoms with Crippen molar-refractivity contribution in [1.82, 2.24) is 5.32 Å². The molecule has 0 saturated carbocycles. The Morgan fingerprint density at radius 3 is 2.26 bits per heavy atom. The Hall–Kier alpha value is -4.67. The van der Waals surface area contributed by atoms with Crippen molar-refractivity contribution in [3.63, 3.8) is 0 Å². The fraction of sp³-hybridized carbons (Fsp3) is 0.0345. The largest absolute Gasteiger partial charge is 0.478 e. The zero-order valence-corrected chi connectivity index (χ0v) is 22.1. The standard InChI is InChI=1S/C29H23N3O5S2/c33-26(30-21-13-11-20(12-14-21)29(36)37)18-39-23-9-4-8-22(16-23)31-28(35)25(17-24-10-5-15-38-24)32-27(34)19-6-2-1-3-7-19/h1-17H,18H2,(H,30,33)(H,31,35)(H,32,34)(H,36,37)/b25-17-. The maximum Gasteiger partial charge on any atom is 0.335 e. The van der Waals surface area contributed by atoms with Gasteiger partial charge in [0.15, 0.2) is 0 Å². The van der Waals surface area contributed by atoms with Crippen molar-refractivity contribution in [1.29, 1.82) is 0 Å². The second-order valence-corrected chi connectivity index (χ2v) is 10.1. The average Bonchev–Trinajstić information content (AvgIpc) is 3.46. The predicted octanol–water partition coefficient (Wildman–Crippen LogP) is 5.59. The predicted molar refractivity (Wildman–Crippen MR) is 154 cm³/mol. The molecule has 3 amide bonds. The lowest BCUT2D eigenvalue weighted by molar-refractivity contribution is -0.114. The topological polar surface area (TPSA) is 125 Å². The molecule has 39 heavy (non-hydrogen) atoms. The molecule has 196 valence electrons. The van der Waals surface area contributed by atoms with Gasteiger partial charge in [-0.25, -0.2) is 4.79 Å². The van der Waals surface area contributed by atoms with Crippen molar-refractivity contribution in [3.8, 4) is 0 Å². The number of anilines is 2. The number of rotatable bonds is 10. The van der Waals surface area contributed by atoms with Gasteiger partial charge in [-0.3, -0.25) is 14.4 Å². The zero-order valence-electron chi connectivity index (χ0n) is 20.4. The minimum atomic E-state index is -1.04. The fourth-order valence-electron chi connectivity index (χ4n) is 3.36. The number of hydrogen-bond donors (Lipinski definition) is 4. The van der Waals surface area contributed by atoms with E-state index in [0.717, 1.165) is 9.77 Å². The first-order valence-corrected chi connectivity index (χ1v) is 13.5. The fourth-order valence-corrected chi connectivity index (χ4v) is 4.77. The molecule has 10 heteroatoms. The van der Waals surface area contributed by atoms with Crippen LogP contribution in [-0.4, -0.2) is 34.6 Å². The Morgan fingerprint density at radius 1 is 0.795 bits per heavy atom. The maximum atomic E-state index is 13.2. The number of thioether (sulfide) groups is 1. The van der Waals surface area contributed by atoms with E-state index in [-0.39, 0.29) is 22.9 Å². The summed E-state index contributed by atoms with van der Waals surface area (Å²) in [4.78, 5) is 50.8. The van der Waals surface area contributed by atoms with Gasteiger partial charge in [0.1, 0.15) is 5.70 Å². The number of hydrogen-bond acceptors (Lipinski definition) is 6. The van der Waals surface area contributed by atoms with Gasteiger partial charge in [-0.2, -0.15) is 0 Å². The third kappa shape index (κ3) is 8.16. The molecule has 0 aliphatic rings. The van der Waals surface area contributed by atoms with Gasteiger partial charge in [-0.05, 0) is 72.1 Å². The molecule has 4 aromatic rings. The van der Waals surface area contributed by atoms with E-state index in [1.165, 1.54) is 47.4 Å². The maximum absolute atomic E-state index is 13.2. The first-order valence-electron chi connectivity index (χ1n) is 11.7. The number of carboxylic acid groups (broad SMARTS) is 1. The Labute approximate surface area is 232 Å². The van der Waals surface area contributed by atoms with E-state index in [1.807, 2.05) is 23.6 Å². The van der Waals surface area contributed by atoms with Crippen LogP contribution in [0, 0.1) is 0 Å². The monoisotopic (exact) mass is 557 g/mol. The van der Waals surface area contributed by atoms with Crippen LogP contribution in [0.4, 0.5) is 11.4 Å². The van der Waals surface area contributed by atoms with Crippen LogP contribution >= 0.6 is 23.1 Å². The van der Waals surface area contributed by atoms with Gasteiger partial charge in [0.25, 0.3) is 11.8 Å². The summed E-state index contributed by atoms with van der Waals surface area (Å²) in [5.41, 5.74) is 1.65. The minimum Gasteiger partial charge on any atom is -0.478 e. The van der Waals surface area contributed by atoms with Crippen LogP contribution in [0.1, 0.15) is 25.6 Å². The molecular weight excluding hydrogens is 534 g/mol. The first kappa shape index (κ1) is 27.4. The normalized spacial score (nSPS) is 10.9. The highest BCUT2D eigenvalue weighted by Crippen LogP contribution is 2.23. The zero-order chi connectivity index (χ0) is 27.6. The van der Waals surface area contributed by atoms with Crippen LogP contribution in [0.25, 0.3) is 6.08 Å². The number of thiophene rings is 1. The molecule has 4 N–H and O–H groups in total. The molecular formula is C29H23N3O5S2. The molecule has 1 heterocycles. The number of aromatic carboxylic acids is 1. The lowest BCUT2D eigenvalue weighted by Crippen LogP contribution is -2.30. The molecule has 3 aromatic carbocycles. The number of benzene rings is 3. The third-order valence-electron chi connectivity index (χ3n) is 5.24. The summed E-state index contributed by atoms with van der Waals surface area (Å²) >= 11 is 2.71. The molecule has 0 aliphatic heterocycles. The SMILES string of the molecule is O=C(CSc1cccc(NC(=O)/C(=C/c2cccs2)NC(=O)c2ccccc2)c1)Nc1ccc(C(=O)O)cc1. The Morgan fingerprint density at radius 2 is 1.56 bits per heavy atom. The van der Waals surface area contributed by atoms with E-state index in [1.54, 1.807) is 54.6 Å². The summed E-state index contributed by atoms with van der Waals surface area (Å²) in [6, 6.07) is 25.2. The Bertz CT molecular complexity index is 1500. The van der Waals surface area contributed by atoms with Crippen molar-refractivity contribution in [2.24, 2.45) is 0 Å². The summed E-state index contributed by atoms with van der Waals surface area (Å²) in [6.45, 7) is 0. The van der Waals surface area contributed by atoms with Gasteiger partial charge in [-0.1, -0.05) is 30.3 Å². The second-order valence-electron chi connectivity index (χ2n) is 8.09. The van der Waals surface area contributed by atoms with Crippen LogP contribution in [0.5, 0.6) is 0 Å². The molecule has 0 atom stereocenters. The van der Waals surface area contributed by atoms with Crippen LogP contribution in [0.2, 0.25) is 0 Å². The molecule has 0 aliphatic carbocycles. The van der Waals surface area contributed by atoms with Crippen LogP contribution in [0.15, 0.2) is 107 Å². The highest BCUT2D eigenvalue weighted by Gasteiger charge is 2.16. The van der Waals surface area contributed by atoms with Crippen LogP contribution in [0.3, 0.4) is 0 Å². The van der Waals surface area contributed by atoms with Gasteiger partial charge in [0.05, 0.1) is 11.3 Å². The summed E-state index contributed by atoms with van der Waals surface area (Å²) in [5, 5.41) is 19.1. The number of amides is 3. The van der Waals surface area contributed by atoms with E-state index in [9.17, 15) is 19.2 Å². The lowest BCUT2D eigenvalue weighted by Gasteiger charge is -2.12. The summed E-state index contributed by atoms with van der Waals surface area (Å²) < 4.78 is 0. The number of nitrogens with one attached hydrogen (secondary N) is 3. The quantitative estimate of drug-likeness (QED) is 0.149. The Balaban J connectivity index is 1.39. The number of carboxylic acids is 1. The first-order chi connectivity index (χ1) is 18.9. The molecule has 4 rings (SSSR count). The minimum absolute atomic E-state index is 0.0950. The molecule has 0 bridgehead atoms. The highest BCUT2D eigenvalue weighted by atomic mass is 32.2. The molecule has 1 aromatic heterocycles. The van der Waals surface area contributed by atoms with E-state index >= 15 is 0 Å². The summed E-state index contributed by atoms with van der Waals surface area (Å²) in [7, 11) is 0. The summed E-state index contributed by atoms with van der Waals surface area (Å²) in [5.74, 6) is -2.08. The number of carbonyl (C=O) groups is 4. The van der Waals surface area contributed by atoms with Crippen LogP contribution < -0.4 is 16.0 Å². The molecule has 0 radical (unpaired) electrons. The average molecular weight is 558 g/mol. The van der Waals surface area contributed by atoms with Gasteiger partial charge < -0.3 is 21.1 Å². The molecule has 8 nitrogen and oxygen atoms in total. The highest BCUT2D eigenvalue weighted by molar-refractivity contribution is 8.00. The van der Waals surface area contributed by atoms with E-state index in [4.69, 9.17) is 5.11 Å². The van der Waals surface area contributed by atoms with E-state index < -0.39 is 17.8 Å². The van der Waals surface area contributed by atoms with Gasteiger partial charge in [0, 0.05) is 26.7 Å². The molecule has 0 saturated heterocycles. The Kier molecular flexibility index (Phi) is 9.28. The molecule has 0 spiro atoms. The molecule has 0 fully saturated rings. The van der Waals surface area contributed by atoms with E-state index in [2.05, 4.69) is 16.0 Å². The van der Waals surface area contributed by atoms with Gasteiger partial charge >= 0.3 is 5.97 Å². The number of carbonyl (C=O) groups excluding carboxylic acids is 3. The van der Waals surface area contributed by atoms with Crippen molar-refractivity contribution in [3.05, 3.63) is 118 Å². The van der Waals surface area contributed by atoms with Crippen LogP contribution in [-0.2, 0) is 9.59 Å². The third-order valence-corrected chi connectivity index (χ3v) is 7.05. The van der Waals surface area contributed by atoms with Crippen molar-refractivity contribution < 1.29 is 24.3 Å².